The molecule has 19 heavy (non-hydrogen) atoms. The quantitative estimate of drug-likeness (QED) is 0.619. The van der Waals surface area contributed by atoms with E-state index < -0.39 is 5.60 Å². The molecule has 0 saturated heterocycles. The number of carbonyl (C=O) groups excluding carboxylic acids is 1. The highest BCUT2D eigenvalue weighted by atomic mass is 79.9. The molecule has 2 heterocycles. The molecule has 0 spiro atoms. The average Bonchev–Trinajstić information content (AvgIpc) is 2.80. The SMILES string of the molecule is CC(C)(C)OC(=O)c1cc(Br)cnc1N1CC=CC1. The normalized spacial score (nSPS) is 14.8. The lowest BCUT2D eigenvalue weighted by molar-refractivity contribution is 0.00699. The summed E-state index contributed by atoms with van der Waals surface area (Å²) in [5.74, 6) is 0.325. The summed E-state index contributed by atoms with van der Waals surface area (Å²) < 4.78 is 6.20. The number of anilines is 1. The summed E-state index contributed by atoms with van der Waals surface area (Å²) in [5.41, 5.74) is -0.0204. The summed E-state index contributed by atoms with van der Waals surface area (Å²) in [6.45, 7) is 7.10. The van der Waals surface area contributed by atoms with Crippen molar-refractivity contribution in [1.82, 2.24) is 4.98 Å². The maximum Gasteiger partial charge on any atom is 0.342 e. The van der Waals surface area contributed by atoms with Gasteiger partial charge >= 0.3 is 5.97 Å². The molecule has 0 aromatic carbocycles. The monoisotopic (exact) mass is 324 g/mol. The largest absolute Gasteiger partial charge is 0.456 e. The van der Waals surface area contributed by atoms with Crippen LogP contribution in [0, 0.1) is 0 Å². The van der Waals surface area contributed by atoms with E-state index in [0.29, 0.717) is 11.4 Å². The van der Waals surface area contributed by atoms with Crippen LogP contribution in [-0.2, 0) is 4.74 Å². The van der Waals surface area contributed by atoms with E-state index in [2.05, 4.69) is 33.1 Å². The van der Waals surface area contributed by atoms with E-state index in [1.54, 1.807) is 12.3 Å². The van der Waals surface area contributed by atoms with Crippen LogP contribution in [0.2, 0.25) is 0 Å². The van der Waals surface area contributed by atoms with Crippen molar-refractivity contribution in [3.8, 4) is 0 Å². The molecule has 0 unspecified atom stereocenters. The summed E-state index contributed by atoms with van der Waals surface area (Å²) in [7, 11) is 0. The van der Waals surface area contributed by atoms with Crippen LogP contribution in [-0.4, -0.2) is 29.6 Å². The lowest BCUT2D eigenvalue weighted by atomic mass is 10.2. The van der Waals surface area contributed by atoms with Crippen molar-refractivity contribution in [3.05, 3.63) is 34.5 Å². The smallest absolute Gasteiger partial charge is 0.342 e. The first-order valence-corrected chi connectivity index (χ1v) is 6.95. The maximum absolute atomic E-state index is 12.3. The van der Waals surface area contributed by atoms with E-state index in [1.807, 2.05) is 25.7 Å². The standard InChI is InChI=1S/C14H17BrN2O2/c1-14(2,3)19-13(18)11-8-10(15)9-16-12(11)17-6-4-5-7-17/h4-5,8-9H,6-7H2,1-3H3. The highest BCUT2D eigenvalue weighted by Gasteiger charge is 2.24. The van der Waals surface area contributed by atoms with Gasteiger partial charge in [-0.1, -0.05) is 12.2 Å². The molecule has 0 radical (unpaired) electrons. The number of pyridine rings is 1. The minimum Gasteiger partial charge on any atom is -0.456 e. The van der Waals surface area contributed by atoms with E-state index >= 15 is 0 Å². The van der Waals surface area contributed by atoms with Crippen molar-refractivity contribution >= 4 is 27.7 Å². The lowest BCUT2D eigenvalue weighted by Crippen LogP contribution is -2.27. The maximum atomic E-state index is 12.3. The Hall–Kier alpha value is -1.36. The van der Waals surface area contributed by atoms with E-state index in [9.17, 15) is 4.79 Å². The van der Waals surface area contributed by atoms with Gasteiger partial charge in [-0.25, -0.2) is 9.78 Å². The van der Waals surface area contributed by atoms with Gasteiger partial charge in [0.1, 0.15) is 17.0 Å². The van der Waals surface area contributed by atoms with Crippen LogP contribution in [0.25, 0.3) is 0 Å². The zero-order valence-corrected chi connectivity index (χ0v) is 12.9. The molecule has 0 aliphatic carbocycles. The molecule has 1 aliphatic heterocycles. The highest BCUT2D eigenvalue weighted by molar-refractivity contribution is 9.10. The highest BCUT2D eigenvalue weighted by Crippen LogP contribution is 2.25. The van der Waals surface area contributed by atoms with Crippen molar-refractivity contribution in [2.24, 2.45) is 0 Å². The van der Waals surface area contributed by atoms with Gasteiger partial charge in [-0.3, -0.25) is 0 Å². The van der Waals surface area contributed by atoms with E-state index in [-0.39, 0.29) is 5.97 Å². The van der Waals surface area contributed by atoms with Gasteiger partial charge in [-0.15, -0.1) is 0 Å². The number of hydrogen-bond donors (Lipinski definition) is 0. The van der Waals surface area contributed by atoms with Crippen LogP contribution in [0.1, 0.15) is 31.1 Å². The van der Waals surface area contributed by atoms with E-state index in [0.717, 1.165) is 17.6 Å². The van der Waals surface area contributed by atoms with Gasteiger partial charge < -0.3 is 9.64 Å². The first-order chi connectivity index (χ1) is 8.87. The minimum atomic E-state index is -0.514. The Morgan fingerprint density at radius 3 is 2.58 bits per heavy atom. The number of esters is 1. The number of rotatable bonds is 2. The number of aromatic nitrogens is 1. The Balaban J connectivity index is 2.32. The molecule has 0 amide bonds. The number of hydrogen-bond acceptors (Lipinski definition) is 4. The molecule has 0 atom stereocenters. The van der Waals surface area contributed by atoms with Crippen LogP contribution in [0.3, 0.4) is 0 Å². The van der Waals surface area contributed by atoms with Crippen molar-refractivity contribution < 1.29 is 9.53 Å². The summed E-state index contributed by atoms with van der Waals surface area (Å²) in [6.07, 6.45) is 5.81. The van der Waals surface area contributed by atoms with Gasteiger partial charge in [-0.2, -0.15) is 0 Å². The van der Waals surface area contributed by atoms with Crippen molar-refractivity contribution in [1.29, 1.82) is 0 Å². The van der Waals surface area contributed by atoms with Crippen molar-refractivity contribution in [2.45, 2.75) is 26.4 Å². The Morgan fingerprint density at radius 2 is 2.00 bits per heavy atom. The minimum absolute atomic E-state index is 0.344. The van der Waals surface area contributed by atoms with E-state index in [1.165, 1.54) is 0 Å². The number of ether oxygens (including phenoxy) is 1. The molecule has 2 rings (SSSR count). The van der Waals surface area contributed by atoms with Crippen LogP contribution in [0.4, 0.5) is 5.82 Å². The molecule has 1 aliphatic rings. The fraction of sp³-hybridized carbons (Fsp3) is 0.429. The van der Waals surface area contributed by atoms with E-state index in [4.69, 9.17) is 4.74 Å². The topological polar surface area (TPSA) is 42.4 Å². The second-order valence-corrected chi connectivity index (χ2v) is 6.32. The lowest BCUT2D eigenvalue weighted by Gasteiger charge is -2.23. The summed E-state index contributed by atoms with van der Waals surface area (Å²) in [5, 5.41) is 0. The first-order valence-electron chi connectivity index (χ1n) is 6.16. The molecule has 0 saturated carbocycles. The first kappa shape index (κ1) is 14.1. The molecule has 1 aromatic rings. The predicted octanol–water partition coefficient (Wildman–Crippen LogP) is 3.18. The number of nitrogens with zero attached hydrogens (tertiary/aromatic N) is 2. The molecule has 0 bridgehead atoms. The predicted molar refractivity (Wildman–Crippen MR) is 78.5 cm³/mol. The third kappa shape index (κ3) is 3.56. The van der Waals surface area contributed by atoms with Crippen LogP contribution in [0.15, 0.2) is 28.9 Å². The molecule has 102 valence electrons. The number of halogens is 1. The Labute approximate surface area is 121 Å². The molecule has 0 N–H and O–H groups in total. The molecular weight excluding hydrogens is 308 g/mol. The van der Waals surface area contributed by atoms with Crippen LogP contribution >= 0.6 is 15.9 Å². The van der Waals surface area contributed by atoms with Gasteiger partial charge in [0.05, 0.1) is 0 Å². The average molecular weight is 325 g/mol. The molecule has 4 nitrogen and oxygen atoms in total. The third-order valence-corrected chi connectivity index (χ3v) is 3.00. The fourth-order valence-corrected chi connectivity index (χ4v) is 2.15. The van der Waals surface area contributed by atoms with Gasteiger partial charge in [0, 0.05) is 23.8 Å². The summed E-state index contributed by atoms with van der Waals surface area (Å²) in [4.78, 5) is 18.6. The zero-order valence-electron chi connectivity index (χ0n) is 11.3. The Morgan fingerprint density at radius 1 is 1.37 bits per heavy atom. The number of carbonyl (C=O) groups is 1. The molecule has 1 aromatic heterocycles. The Bertz CT molecular complexity index is 513. The van der Waals surface area contributed by atoms with Crippen LogP contribution in [0.5, 0.6) is 0 Å². The molecular formula is C14H17BrN2O2. The van der Waals surface area contributed by atoms with Crippen molar-refractivity contribution in [2.75, 3.05) is 18.0 Å². The van der Waals surface area contributed by atoms with Gasteiger partial charge in [0.15, 0.2) is 0 Å². The second-order valence-electron chi connectivity index (χ2n) is 5.40. The summed E-state index contributed by atoms with van der Waals surface area (Å²) in [6, 6.07) is 1.76. The zero-order chi connectivity index (χ0) is 14.0. The Kier molecular flexibility index (Phi) is 3.94. The van der Waals surface area contributed by atoms with Gasteiger partial charge in [0.25, 0.3) is 0 Å². The fourth-order valence-electron chi connectivity index (χ4n) is 1.82. The third-order valence-electron chi connectivity index (χ3n) is 2.57. The van der Waals surface area contributed by atoms with Gasteiger partial charge in [0.2, 0.25) is 0 Å². The molecule has 0 fully saturated rings. The molecule has 5 heteroatoms. The van der Waals surface area contributed by atoms with Crippen molar-refractivity contribution in [3.63, 3.8) is 0 Å². The van der Waals surface area contributed by atoms with Gasteiger partial charge in [-0.05, 0) is 42.8 Å². The second kappa shape index (κ2) is 5.33. The van der Waals surface area contributed by atoms with Crippen LogP contribution < -0.4 is 4.90 Å². The summed E-state index contributed by atoms with van der Waals surface area (Å²) >= 11 is 3.35.